The molecule has 2 heterocycles. The fourth-order valence-electron chi connectivity index (χ4n) is 3.14. The Morgan fingerprint density at radius 2 is 2.04 bits per heavy atom. The Hall–Kier alpha value is -2.39. The zero-order valence-corrected chi connectivity index (χ0v) is 15.0. The number of thioether (sulfide) groups is 1. The highest BCUT2D eigenvalue weighted by atomic mass is 79.9. The molecule has 25 heavy (non-hydrogen) atoms. The third-order valence-electron chi connectivity index (χ3n) is 4.17. The Kier molecular flexibility index (Phi) is 3.58. The maximum Gasteiger partial charge on any atom is 0.271 e. The van der Waals surface area contributed by atoms with Gasteiger partial charge < -0.3 is 5.32 Å². The van der Waals surface area contributed by atoms with Crippen LogP contribution in [0.25, 0.3) is 0 Å². The smallest absolute Gasteiger partial charge is 0.271 e. The summed E-state index contributed by atoms with van der Waals surface area (Å²) in [6, 6.07) is 11.1. The van der Waals surface area contributed by atoms with Crippen molar-refractivity contribution in [1.29, 1.82) is 0 Å². The van der Waals surface area contributed by atoms with Crippen molar-refractivity contribution in [2.75, 3.05) is 16.0 Å². The fraction of sp³-hybridized carbons (Fsp3) is 0.125. The van der Waals surface area contributed by atoms with E-state index in [4.69, 9.17) is 0 Å². The van der Waals surface area contributed by atoms with Gasteiger partial charge in [0.25, 0.3) is 11.6 Å². The monoisotopic (exact) mass is 419 g/mol. The van der Waals surface area contributed by atoms with Crippen LogP contribution < -0.4 is 10.2 Å². The van der Waals surface area contributed by atoms with Gasteiger partial charge >= 0.3 is 0 Å². The van der Waals surface area contributed by atoms with Crippen LogP contribution in [0.3, 0.4) is 0 Å². The van der Waals surface area contributed by atoms with E-state index in [0.717, 1.165) is 4.47 Å². The van der Waals surface area contributed by atoms with Gasteiger partial charge in [0.15, 0.2) is 0 Å². The van der Waals surface area contributed by atoms with Crippen LogP contribution in [0, 0.1) is 10.1 Å². The minimum absolute atomic E-state index is 0.113. The summed E-state index contributed by atoms with van der Waals surface area (Å²) >= 11 is 4.61. The minimum Gasteiger partial charge on any atom is -0.323 e. The molecule has 1 N–H and O–H groups in total. The van der Waals surface area contributed by atoms with Crippen LogP contribution >= 0.6 is 27.7 Å². The van der Waals surface area contributed by atoms with Crippen molar-refractivity contribution in [2.45, 2.75) is 4.87 Å². The number of hydrogen-bond donors (Lipinski definition) is 1. The predicted octanol–water partition coefficient (Wildman–Crippen LogP) is 3.24. The molecule has 0 radical (unpaired) electrons. The molecular formula is C16H10BrN3O4S. The van der Waals surface area contributed by atoms with Gasteiger partial charge in [0.1, 0.15) is 0 Å². The lowest BCUT2D eigenvalue weighted by Crippen LogP contribution is -2.47. The van der Waals surface area contributed by atoms with Gasteiger partial charge in [-0.3, -0.25) is 24.6 Å². The first-order valence-corrected chi connectivity index (χ1v) is 9.04. The van der Waals surface area contributed by atoms with Crippen molar-refractivity contribution in [3.8, 4) is 0 Å². The number of fused-ring (bicyclic) bond motifs is 2. The number of nitrogens with one attached hydrogen (secondary N) is 1. The second-order valence-corrected chi connectivity index (χ2v) is 7.67. The molecule has 2 aliphatic heterocycles. The van der Waals surface area contributed by atoms with Gasteiger partial charge in [0.05, 0.1) is 16.4 Å². The maximum atomic E-state index is 12.8. The fourth-order valence-corrected chi connectivity index (χ4v) is 4.81. The standard InChI is InChI=1S/C16H10BrN3O4S/c17-9-4-5-13-12(6-9)16(15(22)18-13)19(14(21)8-25-16)10-2-1-3-11(7-10)20(23)24/h1-7H,8H2,(H,18,22)/t16-/m1/s1. The van der Waals surface area contributed by atoms with Gasteiger partial charge in [0, 0.05) is 27.9 Å². The predicted molar refractivity (Wildman–Crippen MR) is 97.5 cm³/mol. The van der Waals surface area contributed by atoms with Crippen LogP contribution in [-0.4, -0.2) is 22.5 Å². The quantitative estimate of drug-likeness (QED) is 0.595. The molecule has 0 unspecified atom stereocenters. The Morgan fingerprint density at radius 3 is 2.80 bits per heavy atom. The topological polar surface area (TPSA) is 92.6 Å². The molecule has 0 bridgehead atoms. The van der Waals surface area contributed by atoms with E-state index < -0.39 is 9.79 Å². The summed E-state index contributed by atoms with van der Waals surface area (Å²) in [7, 11) is 0. The molecule has 1 atom stereocenters. The third kappa shape index (κ3) is 2.26. The van der Waals surface area contributed by atoms with Crippen molar-refractivity contribution in [3.63, 3.8) is 0 Å². The van der Waals surface area contributed by atoms with E-state index in [1.54, 1.807) is 24.3 Å². The molecule has 1 fully saturated rings. The van der Waals surface area contributed by atoms with Gasteiger partial charge in [0.2, 0.25) is 10.8 Å². The second-order valence-electron chi connectivity index (χ2n) is 5.58. The first kappa shape index (κ1) is 16.1. The molecule has 0 saturated carbocycles. The van der Waals surface area contributed by atoms with E-state index in [-0.39, 0.29) is 23.3 Å². The zero-order chi connectivity index (χ0) is 17.8. The number of halogens is 1. The number of nitro groups is 1. The Balaban J connectivity index is 1.92. The summed E-state index contributed by atoms with van der Waals surface area (Å²) in [5, 5.41) is 13.9. The Bertz CT molecular complexity index is 951. The summed E-state index contributed by atoms with van der Waals surface area (Å²) in [6.45, 7) is 0. The molecule has 2 amide bonds. The average Bonchev–Trinajstić information content (AvgIpc) is 3.07. The summed E-state index contributed by atoms with van der Waals surface area (Å²) < 4.78 is 0.779. The van der Waals surface area contributed by atoms with E-state index in [2.05, 4.69) is 21.2 Å². The molecule has 1 spiro atoms. The largest absolute Gasteiger partial charge is 0.323 e. The van der Waals surface area contributed by atoms with Gasteiger partial charge in [-0.2, -0.15) is 0 Å². The van der Waals surface area contributed by atoms with Crippen LogP contribution in [0.4, 0.5) is 17.1 Å². The molecule has 126 valence electrons. The first-order chi connectivity index (χ1) is 11.9. The van der Waals surface area contributed by atoms with Crippen LogP contribution in [0.1, 0.15) is 5.56 Å². The summed E-state index contributed by atoms with van der Waals surface area (Å²) in [5.41, 5.74) is 1.48. The number of amides is 2. The van der Waals surface area contributed by atoms with Crippen molar-refractivity contribution in [1.82, 2.24) is 0 Å². The third-order valence-corrected chi connectivity index (χ3v) is 6.06. The SMILES string of the molecule is O=C1CS[C@]2(C(=O)Nc3ccc(Br)cc32)N1c1cccc([N+](=O)[O-])c1. The molecular weight excluding hydrogens is 410 g/mol. The highest BCUT2D eigenvalue weighted by molar-refractivity contribution is 9.10. The number of benzene rings is 2. The van der Waals surface area contributed by atoms with E-state index >= 15 is 0 Å². The second kappa shape index (κ2) is 5.57. The number of anilines is 2. The van der Waals surface area contributed by atoms with Crippen LogP contribution in [-0.2, 0) is 14.5 Å². The van der Waals surface area contributed by atoms with E-state index in [9.17, 15) is 19.7 Å². The molecule has 2 aromatic rings. The van der Waals surface area contributed by atoms with Crippen LogP contribution in [0.15, 0.2) is 46.9 Å². The molecule has 4 rings (SSSR count). The highest BCUT2D eigenvalue weighted by Crippen LogP contribution is 2.54. The first-order valence-electron chi connectivity index (χ1n) is 7.26. The number of hydrogen-bond acceptors (Lipinski definition) is 5. The number of rotatable bonds is 2. The number of nitrogens with zero attached hydrogens (tertiary/aromatic N) is 2. The van der Waals surface area contributed by atoms with Gasteiger partial charge in [-0.25, -0.2) is 0 Å². The molecule has 7 nitrogen and oxygen atoms in total. The van der Waals surface area contributed by atoms with Gasteiger partial charge in [-0.15, -0.1) is 11.8 Å². The number of carbonyl (C=O) groups is 2. The molecule has 9 heteroatoms. The summed E-state index contributed by atoms with van der Waals surface area (Å²) in [4.78, 5) is 36.1. The number of nitro benzene ring substituents is 1. The molecule has 0 aliphatic carbocycles. The number of non-ortho nitro benzene ring substituents is 1. The lowest BCUT2D eigenvalue weighted by atomic mass is 10.0. The summed E-state index contributed by atoms with van der Waals surface area (Å²) in [5.74, 6) is -0.487. The number of carbonyl (C=O) groups excluding carboxylic acids is 2. The van der Waals surface area contributed by atoms with Crippen LogP contribution in [0.2, 0.25) is 0 Å². The van der Waals surface area contributed by atoms with E-state index in [0.29, 0.717) is 16.9 Å². The summed E-state index contributed by atoms with van der Waals surface area (Å²) in [6.07, 6.45) is 0. The normalized spacial score (nSPS) is 21.6. The van der Waals surface area contributed by atoms with Crippen molar-refractivity contribution in [2.24, 2.45) is 0 Å². The van der Waals surface area contributed by atoms with Crippen molar-refractivity contribution < 1.29 is 14.5 Å². The van der Waals surface area contributed by atoms with Gasteiger partial charge in [-0.05, 0) is 24.3 Å². The lowest BCUT2D eigenvalue weighted by Gasteiger charge is -2.32. The Labute approximate surface area is 154 Å². The maximum absolute atomic E-state index is 12.8. The van der Waals surface area contributed by atoms with Gasteiger partial charge in [-0.1, -0.05) is 22.0 Å². The molecule has 2 aromatic carbocycles. The van der Waals surface area contributed by atoms with Crippen molar-refractivity contribution >= 4 is 56.6 Å². The van der Waals surface area contributed by atoms with E-state index in [1.165, 1.54) is 34.9 Å². The van der Waals surface area contributed by atoms with Crippen LogP contribution in [0.5, 0.6) is 0 Å². The lowest BCUT2D eigenvalue weighted by molar-refractivity contribution is -0.384. The average molecular weight is 420 g/mol. The molecule has 2 aliphatic rings. The highest BCUT2D eigenvalue weighted by Gasteiger charge is 2.58. The van der Waals surface area contributed by atoms with E-state index in [1.807, 2.05) is 0 Å². The van der Waals surface area contributed by atoms with Crippen molar-refractivity contribution in [3.05, 3.63) is 62.6 Å². The molecule has 1 saturated heterocycles. The Morgan fingerprint density at radius 1 is 1.24 bits per heavy atom. The molecule has 0 aromatic heterocycles. The zero-order valence-electron chi connectivity index (χ0n) is 12.6. The minimum atomic E-state index is -1.26.